The monoisotopic (exact) mass is 366 g/mol. The van der Waals surface area contributed by atoms with E-state index in [1.54, 1.807) is 11.8 Å². The lowest BCUT2D eigenvalue weighted by Crippen LogP contribution is -2.54. The van der Waals surface area contributed by atoms with Gasteiger partial charge in [-0.25, -0.2) is 0 Å². The second kappa shape index (κ2) is 9.48. The molecule has 2 heterocycles. The van der Waals surface area contributed by atoms with Crippen LogP contribution in [-0.4, -0.2) is 54.6 Å². The number of hydrogen-bond acceptors (Lipinski definition) is 5. The number of thioether (sulfide) groups is 2. The van der Waals surface area contributed by atoms with Crippen LogP contribution in [0.15, 0.2) is 29.2 Å². The lowest BCUT2D eigenvalue weighted by molar-refractivity contribution is -0.0939. The minimum atomic E-state index is 0.199. The summed E-state index contributed by atoms with van der Waals surface area (Å²) in [6, 6.07) is 9.47. The van der Waals surface area contributed by atoms with Crippen LogP contribution in [0.3, 0.4) is 0 Å². The minimum Gasteiger partial charge on any atom is -0.361 e. The molecule has 0 radical (unpaired) electrons. The molecule has 1 N–H and O–H groups in total. The molecule has 24 heavy (non-hydrogen) atoms. The smallest absolute Gasteiger partial charge is 0.123 e. The van der Waals surface area contributed by atoms with Crippen LogP contribution in [0.1, 0.15) is 37.8 Å². The Bertz CT molecular complexity index is 491. The molecule has 134 valence electrons. The number of rotatable bonds is 7. The van der Waals surface area contributed by atoms with Crippen LogP contribution < -0.4 is 5.32 Å². The maximum atomic E-state index is 6.37. The van der Waals surface area contributed by atoms with Crippen molar-refractivity contribution in [1.82, 2.24) is 10.2 Å². The van der Waals surface area contributed by atoms with Crippen molar-refractivity contribution in [2.24, 2.45) is 0 Å². The summed E-state index contributed by atoms with van der Waals surface area (Å²) in [6.45, 7) is 6.21. The summed E-state index contributed by atoms with van der Waals surface area (Å²) in [5, 5.41) is 4.30. The van der Waals surface area contributed by atoms with Gasteiger partial charge in [-0.2, -0.15) is 11.8 Å². The van der Waals surface area contributed by atoms with E-state index in [0.717, 1.165) is 32.7 Å². The molecular weight excluding hydrogens is 336 g/mol. The van der Waals surface area contributed by atoms with Crippen molar-refractivity contribution in [3.63, 3.8) is 0 Å². The number of piperazine rings is 1. The predicted octanol–water partition coefficient (Wildman–Crippen LogP) is 4.00. The van der Waals surface area contributed by atoms with Gasteiger partial charge in [-0.3, -0.25) is 4.90 Å². The normalized spacial score (nSPS) is 28.3. The van der Waals surface area contributed by atoms with Crippen LogP contribution in [-0.2, 0) is 4.74 Å². The molecule has 0 spiro atoms. The summed E-state index contributed by atoms with van der Waals surface area (Å²) in [6.07, 6.45) is 6.16. The highest BCUT2D eigenvalue weighted by atomic mass is 32.2. The van der Waals surface area contributed by atoms with Gasteiger partial charge in [0.15, 0.2) is 0 Å². The maximum Gasteiger partial charge on any atom is 0.123 e. The Morgan fingerprint density at radius 3 is 2.79 bits per heavy atom. The van der Waals surface area contributed by atoms with Crippen molar-refractivity contribution in [3.8, 4) is 0 Å². The summed E-state index contributed by atoms with van der Waals surface area (Å²) in [5.41, 5.74) is 1.40. The van der Waals surface area contributed by atoms with Gasteiger partial charge in [-0.1, -0.05) is 19.1 Å². The van der Waals surface area contributed by atoms with Gasteiger partial charge in [0, 0.05) is 35.8 Å². The SMILES string of the molecule is CCCN1C(OCC2CCCS2)CNCC1c1ccc(SC)cc1. The van der Waals surface area contributed by atoms with Crippen LogP contribution in [0.2, 0.25) is 0 Å². The standard InChI is InChI=1S/C19H30N2OS2/c1-3-10-21-18(15-6-8-16(23-2)9-7-15)12-20-13-19(21)22-14-17-5-4-11-24-17/h6-9,17-20H,3-5,10-14H2,1-2H3. The van der Waals surface area contributed by atoms with Crippen molar-refractivity contribution >= 4 is 23.5 Å². The van der Waals surface area contributed by atoms with Crippen LogP contribution in [0.25, 0.3) is 0 Å². The van der Waals surface area contributed by atoms with Gasteiger partial charge < -0.3 is 10.1 Å². The highest BCUT2D eigenvalue weighted by molar-refractivity contribution is 8.00. The van der Waals surface area contributed by atoms with Gasteiger partial charge in [0.1, 0.15) is 6.23 Å². The summed E-state index contributed by atoms with van der Waals surface area (Å²) in [4.78, 5) is 3.90. The zero-order valence-corrected chi connectivity index (χ0v) is 16.5. The largest absolute Gasteiger partial charge is 0.361 e. The third kappa shape index (κ3) is 4.70. The molecule has 1 aromatic rings. The fraction of sp³-hybridized carbons (Fsp3) is 0.684. The highest BCUT2D eigenvalue weighted by Crippen LogP contribution is 2.30. The van der Waals surface area contributed by atoms with Gasteiger partial charge in [0.05, 0.1) is 6.61 Å². The molecular formula is C19H30N2OS2. The first-order valence-electron chi connectivity index (χ1n) is 9.15. The fourth-order valence-corrected chi connectivity index (χ4v) is 5.20. The van der Waals surface area contributed by atoms with Crippen molar-refractivity contribution in [1.29, 1.82) is 0 Å². The van der Waals surface area contributed by atoms with E-state index >= 15 is 0 Å². The Morgan fingerprint density at radius 2 is 2.12 bits per heavy atom. The van der Waals surface area contributed by atoms with E-state index in [1.807, 2.05) is 0 Å². The number of hydrogen-bond donors (Lipinski definition) is 1. The average molecular weight is 367 g/mol. The third-order valence-electron chi connectivity index (χ3n) is 4.91. The first-order valence-corrected chi connectivity index (χ1v) is 11.4. The van der Waals surface area contributed by atoms with Crippen LogP contribution in [0.5, 0.6) is 0 Å². The van der Waals surface area contributed by atoms with Gasteiger partial charge in [0.25, 0.3) is 0 Å². The van der Waals surface area contributed by atoms with Gasteiger partial charge in [0.2, 0.25) is 0 Å². The lowest BCUT2D eigenvalue weighted by atomic mass is 10.0. The van der Waals surface area contributed by atoms with Gasteiger partial charge >= 0.3 is 0 Å². The number of nitrogens with zero attached hydrogens (tertiary/aromatic N) is 1. The second-order valence-corrected chi connectivity index (χ2v) is 8.90. The Morgan fingerprint density at radius 1 is 1.29 bits per heavy atom. The first-order chi connectivity index (χ1) is 11.8. The molecule has 0 amide bonds. The van der Waals surface area contributed by atoms with E-state index in [1.165, 1.54) is 29.1 Å². The third-order valence-corrected chi connectivity index (χ3v) is 7.02. The Labute approximate surface area is 155 Å². The maximum absolute atomic E-state index is 6.37. The molecule has 2 fully saturated rings. The van der Waals surface area contributed by atoms with E-state index in [9.17, 15) is 0 Å². The van der Waals surface area contributed by atoms with Gasteiger partial charge in [-0.05, 0) is 49.0 Å². The Hall–Kier alpha value is -0.200. The molecule has 1 aromatic carbocycles. The summed E-state index contributed by atoms with van der Waals surface area (Å²) >= 11 is 3.88. The summed E-state index contributed by atoms with van der Waals surface area (Å²) in [5.74, 6) is 1.31. The molecule has 0 bridgehead atoms. The van der Waals surface area contributed by atoms with E-state index in [-0.39, 0.29) is 6.23 Å². The average Bonchev–Trinajstić information content (AvgIpc) is 3.15. The minimum absolute atomic E-state index is 0.199. The summed E-state index contributed by atoms with van der Waals surface area (Å²) < 4.78 is 6.37. The predicted molar refractivity (Wildman–Crippen MR) is 106 cm³/mol. The van der Waals surface area contributed by atoms with Crippen molar-refractivity contribution in [2.45, 2.75) is 48.6 Å². The van der Waals surface area contributed by atoms with Crippen molar-refractivity contribution in [2.75, 3.05) is 38.2 Å². The molecule has 3 unspecified atom stereocenters. The van der Waals surface area contributed by atoms with Crippen LogP contribution in [0.4, 0.5) is 0 Å². The van der Waals surface area contributed by atoms with E-state index < -0.39 is 0 Å². The molecule has 3 rings (SSSR count). The molecule has 0 saturated carbocycles. The fourth-order valence-electron chi connectivity index (χ4n) is 3.62. The van der Waals surface area contributed by atoms with E-state index in [4.69, 9.17) is 4.74 Å². The van der Waals surface area contributed by atoms with Crippen molar-refractivity contribution < 1.29 is 4.74 Å². The molecule has 0 aliphatic carbocycles. The summed E-state index contributed by atoms with van der Waals surface area (Å²) in [7, 11) is 0. The Kier molecular flexibility index (Phi) is 7.35. The topological polar surface area (TPSA) is 24.5 Å². The quantitative estimate of drug-likeness (QED) is 0.735. The molecule has 0 aromatic heterocycles. The highest BCUT2D eigenvalue weighted by Gasteiger charge is 2.32. The molecule has 2 aliphatic rings. The van der Waals surface area contributed by atoms with Crippen molar-refractivity contribution in [3.05, 3.63) is 29.8 Å². The second-order valence-electron chi connectivity index (χ2n) is 6.61. The first kappa shape index (κ1) is 18.6. The molecule has 2 aliphatic heterocycles. The lowest BCUT2D eigenvalue weighted by Gasteiger charge is -2.42. The zero-order valence-electron chi connectivity index (χ0n) is 14.9. The molecule has 3 atom stereocenters. The molecule has 5 heteroatoms. The molecule has 3 nitrogen and oxygen atoms in total. The van der Waals surface area contributed by atoms with E-state index in [0.29, 0.717) is 11.3 Å². The number of ether oxygens (including phenoxy) is 1. The zero-order chi connectivity index (χ0) is 16.8. The number of nitrogens with one attached hydrogen (secondary N) is 1. The van der Waals surface area contributed by atoms with Crippen LogP contribution >= 0.6 is 23.5 Å². The molecule has 2 saturated heterocycles. The Balaban J connectivity index is 1.67. The van der Waals surface area contributed by atoms with Crippen LogP contribution in [0, 0.1) is 0 Å². The van der Waals surface area contributed by atoms with Gasteiger partial charge in [-0.15, -0.1) is 11.8 Å². The number of benzene rings is 1. The van der Waals surface area contributed by atoms with E-state index in [2.05, 4.69) is 59.4 Å².